The topological polar surface area (TPSA) is 109 Å². The Kier molecular flexibility index (Phi) is 4.57. The second-order valence-electron chi connectivity index (χ2n) is 4.65. The molecule has 0 spiro atoms. The van der Waals surface area contributed by atoms with Crippen molar-refractivity contribution in [1.29, 1.82) is 0 Å². The highest BCUT2D eigenvalue weighted by Gasteiger charge is 2.19. The van der Waals surface area contributed by atoms with E-state index in [0.717, 1.165) is 12.1 Å². The third kappa shape index (κ3) is 3.47. The van der Waals surface area contributed by atoms with E-state index in [1.165, 1.54) is 11.5 Å². The maximum absolute atomic E-state index is 12.1. The number of carbonyl (C=O) groups excluding carboxylic acids is 1. The number of hydrogen-bond acceptors (Lipinski definition) is 6. The number of amides is 1. The lowest BCUT2D eigenvalue weighted by atomic mass is 10.2. The maximum Gasteiger partial charge on any atom is 0.258 e. The van der Waals surface area contributed by atoms with Gasteiger partial charge in [-0.05, 0) is 25.4 Å². The molecule has 1 amide bonds. The van der Waals surface area contributed by atoms with E-state index in [0.29, 0.717) is 17.1 Å². The molecule has 7 nitrogen and oxygen atoms in total. The van der Waals surface area contributed by atoms with E-state index in [1.807, 2.05) is 13.8 Å². The van der Waals surface area contributed by atoms with Crippen molar-refractivity contribution in [2.24, 2.45) is 0 Å². The first kappa shape index (κ1) is 14.3. The zero-order valence-corrected chi connectivity index (χ0v) is 12.3. The SMILES string of the molecule is CC(C)NC(=O)c1c(N)nsc1NCCc1cnc[nH]1. The Morgan fingerprint density at radius 1 is 1.55 bits per heavy atom. The van der Waals surface area contributed by atoms with E-state index in [-0.39, 0.29) is 17.8 Å². The predicted molar refractivity (Wildman–Crippen MR) is 79.9 cm³/mol. The molecule has 2 aromatic rings. The quantitative estimate of drug-likeness (QED) is 0.641. The smallest absolute Gasteiger partial charge is 0.258 e. The number of rotatable bonds is 6. The fourth-order valence-electron chi connectivity index (χ4n) is 1.71. The molecular weight excluding hydrogens is 276 g/mol. The van der Waals surface area contributed by atoms with Gasteiger partial charge in [0.1, 0.15) is 10.6 Å². The van der Waals surface area contributed by atoms with Gasteiger partial charge < -0.3 is 21.4 Å². The number of aromatic amines is 1. The Morgan fingerprint density at radius 2 is 2.35 bits per heavy atom. The minimum atomic E-state index is -0.199. The van der Waals surface area contributed by atoms with Gasteiger partial charge in [0.05, 0.1) is 6.33 Å². The molecule has 5 N–H and O–H groups in total. The van der Waals surface area contributed by atoms with Gasteiger partial charge in [0.25, 0.3) is 5.91 Å². The molecule has 0 saturated carbocycles. The van der Waals surface area contributed by atoms with Gasteiger partial charge in [0.2, 0.25) is 0 Å². The highest BCUT2D eigenvalue weighted by atomic mass is 32.1. The van der Waals surface area contributed by atoms with Crippen molar-refractivity contribution in [3.63, 3.8) is 0 Å². The fraction of sp³-hybridized carbons (Fsp3) is 0.417. The first-order chi connectivity index (χ1) is 9.58. The third-order valence-corrected chi connectivity index (χ3v) is 3.42. The molecule has 0 aliphatic rings. The molecule has 0 fully saturated rings. The number of nitrogens with one attached hydrogen (secondary N) is 3. The van der Waals surface area contributed by atoms with E-state index in [2.05, 4.69) is 25.0 Å². The average Bonchev–Trinajstić information content (AvgIpc) is 2.98. The van der Waals surface area contributed by atoms with Crippen LogP contribution in [0.1, 0.15) is 29.9 Å². The summed E-state index contributed by atoms with van der Waals surface area (Å²) in [5.41, 5.74) is 7.22. The molecular formula is C12H18N6OS. The van der Waals surface area contributed by atoms with E-state index in [9.17, 15) is 4.79 Å². The van der Waals surface area contributed by atoms with Gasteiger partial charge in [-0.1, -0.05) is 0 Å². The number of nitrogen functional groups attached to an aromatic ring is 1. The second kappa shape index (κ2) is 6.38. The summed E-state index contributed by atoms with van der Waals surface area (Å²) < 4.78 is 4.04. The van der Waals surface area contributed by atoms with Crippen LogP contribution in [-0.4, -0.2) is 32.8 Å². The summed E-state index contributed by atoms with van der Waals surface area (Å²) in [7, 11) is 0. The van der Waals surface area contributed by atoms with Crippen molar-refractivity contribution in [1.82, 2.24) is 19.7 Å². The summed E-state index contributed by atoms with van der Waals surface area (Å²) >= 11 is 1.20. The first-order valence-electron chi connectivity index (χ1n) is 6.35. The molecule has 20 heavy (non-hydrogen) atoms. The minimum Gasteiger partial charge on any atom is -0.382 e. The highest BCUT2D eigenvalue weighted by molar-refractivity contribution is 7.11. The number of H-pyrrole nitrogens is 1. The molecule has 0 aliphatic heterocycles. The van der Waals surface area contributed by atoms with Crippen molar-refractivity contribution in [3.05, 3.63) is 23.8 Å². The van der Waals surface area contributed by atoms with Gasteiger partial charge in [-0.15, -0.1) is 0 Å². The lowest BCUT2D eigenvalue weighted by molar-refractivity contribution is 0.0945. The van der Waals surface area contributed by atoms with Crippen LogP contribution in [0.4, 0.5) is 10.8 Å². The predicted octanol–water partition coefficient (Wildman–Crippen LogP) is 1.24. The monoisotopic (exact) mass is 294 g/mol. The van der Waals surface area contributed by atoms with Gasteiger partial charge in [0, 0.05) is 30.9 Å². The van der Waals surface area contributed by atoms with Crippen molar-refractivity contribution < 1.29 is 4.79 Å². The van der Waals surface area contributed by atoms with E-state index < -0.39 is 0 Å². The molecule has 0 radical (unpaired) electrons. The normalized spacial score (nSPS) is 10.8. The van der Waals surface area contributed by atoms with Crippen molar-refractivity contribution in [2.75, 3.05) is 17.6 Å². The van der Waals surface area contributed by atoms with Crippen LogP contribution in [-0.2, 0) is 6.42 Å². The summed E-state index contributed by atoms with van der Waals surface area (Å²) in [6, 6.07) is 0.0552. The van der Waals surface area contributed by atoms with Crippen LogP contribution in [0, 0.1) is 0 Å². The molecule has 8 heteroatoms. The summed E-state index contributed by atoms with van der Waals surface area (Å²) in [5.74, 6) is 0.0625. The minimum absolute atomic E-state index is 0.0552. The van der Waals surface area contributed by atoms with Gasteiger partial charge in [0.15, 0.2) is 5.82 Å². The van der Waals surface area contributed by atoms with Crippen LogP contribution in [0.25, 0.3) is 0 Å². The number of carbonyl (C=O) groups is 1. The summed E-state index contributed by atoms with van der Waals surface area (Å²) in [4.78, 5) is 19.0. The Morgan fingerprint density at radius 3 is 3.00 bits per heavy atom. The van der Waals surface area contributed by atoms with Crippen LogP contribution in [0.15, 0.2) is 12.5 Å². The third-order valence-electron chi connectivity index (χ3n) is 2.60. The summed E-state index contributed by atoms with van der Waals surface area (Å²) in [5, 5.41) is 6.71. The Labute approximate surface area is 121 Å². The Bertz CT molecular complexity index is 563. The number of nitrogens with two attached hydrogens (primary N) is 1. The van der Waals surface area contributed by atoms with Crippen LogP contribution < -0.4 is 16.4 Å². The zero-order valence-electron chi connectivity index (χ0n) is 11.4. The lowest BCUT2D eigenvalue weighted by Crippen LogP contribution is -2.31. The van der Waals surface area contributed by atoms with Crippen LogP contribution >= 0.6 is 11.5 Å². The Hall–Kier alpha value is -2.09. The van der Waals surface area contributed by atoms with Gasteiger partial charge in [-0.3, -0.25) is 4.79 Å². The maximum atomic E-state index is 12.1. The van der Waals surface area contributed by atoms with E-state index >= 15 is 0 Å². The molecule has 0 unspecified atom stereocenters. The lowest BCUT2D eigenvalue weighted by Gasteiger charge is -2.10. The van der Waals surface area contributed by atoms with Gasteiger partial charge in [-0.2, -0.15) is 4.37 Å². The highest BCUT2D eigenvalue weighted by Crippen LogP contribution is 2.26. The second-order valence-corrected chi connectivity index (χ2v) is 5.43. The molecule has 0 aromatic carbocycles. The van der Waals surface area contributed by atoms with Gasteiger partial charge >= 0.3 is 0 Å². The first-order valence-corrected chi connectivity index (χ1v) is 7.12. The molecule has 0 aliphatic carbocycles. The van der Waals surface area contributed by atoms with Crippen molar-refractivity contribution in [3.8, 4) is 0 Å². The number of nitrogens with zero attached hydrogens (tertiary/aromatic N) is 2. The molecule has 2 rings (SSSR count). The van der Waals surface area contributed by atoms with Crippen molar-refractivity contribution in [2.45, 2.75) is 26.3 Å². The zero-order chi connectivity index (χ0) is 14.5. The molecule has 2 heterocycles. The van der Waals surface area contributed by atoms with E-state index in [4.69, 9.17) is 5.73 Å². The molecule has 108 valence electrons. The van der Waals surface area contributed by atoms with E-state index in [1.54, 1.807) is 12.5 Å². The fourth-order valence-corrected chi connectivity index (χ4v) is 2.45. The Balaban J connectivity index is 1.99. The number of aromatic nitrogens is 3. The standard InChI is InChI=1S/C12H18N6OS/c1-7(2)17-11(19)9-10(13)18-20-12(9)15-4-3-8-5-14-6-16-8/h5-7,15H,3-4H2,1-2H3,(H2,13,18)(H,14,16)(H,17,19). The molecule has 2 aromatic heterocycles. The largest absolute Gasteiger partial charge is 0.382 e. The summed E-state index contributed by atoms with van der Waals surface area (Å²) in [6.45, 7) is 4.48. The van der Waals surface area contributed by atoms with Crippen LogP contribution in [0.3, 0.4) is 0 Å². The molecule has 0 saturated heterocycles. The van der Waals surface area contributed by atoms with Gasteiger partial charge in [-0.25, -0.2) is 4.98 Å². The molecule has 0 bridgehead atoms. The van der Waals surface area contributed by atoms with Crippen molar-refractivity contribution >= 4 is 28.3 Å². The number of anilines is 2. The molecule has 0 atom stereocenters. The number of imidazole rings is 1. The van der Waals surface area contributed by atoms with Crippen LogP contribution in [0.5, 0.6) is 0 Å². The summed E-state index contributed by atoms with van der Waals surface area (Å²) in [6.07, 6.45) is 4.19. The average molecular weight is 294 g/mol. The number of hydrogen-bond donors (Lipinski definition) is 4. The van der Waals surface area contributed by atoms with Crippen LogP contribution in [0.2, 0.25) is 0 Å².